The molecule has 0 bridgehead atoms. The van der Waals surface area contributed by atoms with Crippen LogP contribution in [0.4, 0.5) is 21.6 Å². The number of aromatic nitrogens is 2. The van der Waals surface area contributed by atoms with Crippen molar-refractivity contribution >= 4 is 51.5 Å². The van der Waals surface area contributed by atoms with Gasteiger partial charge in [-0.2, -0.15) is 0 Å². The molecule has 2 saturated heterocycles. The molecule has 41 heavy (non-hydrogen) atoms. The first-order valence-corrected chi connectivity index (χ1v) is 13.7. The van der Waals surface area contributed by atoms with Gasteiger partial charge in [-0.25, -0.2) is 14.4 Å². The Morgan fingerprint density at radius 3 is 2.68 bits per heavy atom. The molecule has 3 heterocycles. The number of imide groups is 1. The first-order chi connectivity index (χ1) is 19.9. The van der Waals surface area contributed by atoms with Crippen LogP contribution in [-0.4, -0.2) is 41.1 Å². The molecule has 210 valence electrons. The lowest BCUT2D eigenvalue weighted by atomic mass is 9.90. The SMILES string of the molecule is O=C1CCC(c2ccc(CNc3cc4c(Nc5ccc(F)c(Cl)c5)ncnc4cc3O[C@H]3CCOC3)cc2)C(=O)N1. The van der Waals surface area contributed by atoms with Crippen molar-refractivity contribution in [2.24, 2.45) is 0 Å². The summed E-state index contributed by atoms with van der Waals surface area (Å²) in [5, 5.41) is 9.84. The maximum Gasteiger partial charge on any atom is 0.234 e. The Kier molecular flexibility index (Phi) is 7.67. The first kappa shape index (κ1) is 26.9. The first-order valence-electron chi connectivity index (χ1n) is 13.3. The second-order valence-electron chi connectivity index (χ2n) is 10.0. The molecule has 0 spiro atoms. The minimum Gasteiger partial charge on any atom is -0.486 e. The number of ether oxygens (including phenoxy) is 2. The molecule has 9 nitrogen and oxygen atoms in total. The molecular formula is C30H27ClFN5O4. The molecule has 3 N–H and O–H groups in total. The number of rotatable bonds is 8. The molecule has 2 fully saturated rings. The molecule has 3 aromatic carbocycles. The maximum absolute atomic E-state index is 13.7. The number of benzene rings is 3. The van der Waals surface area contributed by atoms with E-state index in [1.165, 1.54) is 18.5 Å². The predicted octanol–water partition coefficient (Wildman–Crippen LogP) is 5.47. The van der Waals surface area contributed by atoms with Crippen LogP contribution in [0.25, 0.3) is 10.9 Å². The average molecular weight is 576 g/mol. The Hall–Kier alpha value is -4.28. The fraction of sp³-hybridized carbons (Fsp3) is 0.267. The zero-order chi connectivity index (χ0) is 28.3. The Labute approximate surface area is 240 Å². The number of fused-ring (bicyclic) bond motifs is 1. The third-order valence-electron chi connectivity index (χ3n) is 7.20. The van der Waals surface area contributed by atoms with E-state index in [9.17, 15) is 14.0 Å². The number of nitrogens with one attached hydrogen (secondary N) is 3. The van der Waals surface area contributed by atoms with Crippen molar-refractivity contribution in [2.75, 3.05) is 23.8 Å². The molecule has 1 unspecified atom stereocenters. The topological polar surface area (TPSA) is 114 Å². The molecule has 0 saturated carbocycles. The minimum atomic E-state index is -0.501. The summed E-state index contributed by atoms with van der Waals surface area (Å²) in [5.74, 6) is -0.136. The normalized spacial score (nSPS) is 18.8. The molecule has 2 aliphatic heterocycles. The quantitative estimate of drug-likeness (QED) is 0.237. The van der Waals surface area contributed by atoms with Gasteiger partial charge in [0.25, 0.3) is 0 Å². The summed E-state index contributed by atoms with van der Waals surface area (Å²) in [6, 6.07) is 16.0. The number of hydrogen-bond donors (Lipinski definition) is 3. The van der Waals surface area contributed by atoms with Crippen molar-refractivity contribution in [3.05, 3.63) is 82.9 Å². The molecule has 4 aromatic rings. The Morgan fingerprint density at radius 1 is 1.07 bits per heavy atom. The van der Waals surface area contributed by atoms with Crippen LogP contribution in [0.2, 0.25) is 5.02 Å². The van der Waals surface area contributed by atoms with Crippen LogP contribution in [0.5, 0.6) is 5.75 Å². The molecule has 2 amide bonds. The van der Waals surface area contributed by atoms with Crippen LogP contribution in [0.15, 0.2) is 60.9 Å². The summed E-state index contributed by atoms with van der Waals surface area (Å²) in [4.78, 5) is 32.6. The van der Waals surface area contributed by atoms with Crippen LogP contribution in [-0.2, 0) is 20.9 Å². The average Bonchev–Trinajstić information content (AvgIpc) is 3.48. The molecule has 2 aliphatic rings. The third kappa shape index (κ3) is 6.08. The Bertz CT molecular complexity index is 1610. The second-order valence-corrected chi connectivity index (χ2v) is 10.5. The van der Waals surface area contributed by atoms with Gasteiger partial charge in [0.1, 0.15) is 29.8 Å². The third-order valence-corrected chi connectivity index (χ3v) is 7.49. The highest BCUT2D eigenvalue weighted by Crippen LogP contribution is 2.35. The highest BCUT2D eigenvalue weighted by Gasteiger charge is 2.27. The molecule has 1 aromatic heterocycles. The lowest BCUT2D eigenvalue weighted by Gasteiger charge is -2.21. The summed E-state index contributed by atoms with van der Waals surface area (Å²) in [7, 11) is 0. The second kappa shape index (κ2) is 11.7. The van der Waals surface area contributed by atoms with Crippen LogP contribution >= 0.6 is 11.6 Å². The molecule has 6 rings (SSSR count). The van der Waals surface area contributed by atoms with Gasteiger partial charge in [-0.3, -0.25) is 14.9 Å². The molecule has 0 aliphatic carbocycles. The largest absolute Gasteiger partial charge is 0.486 e. The number of nitrogens with zero attached hydrogens (tertiary/aromatic N) is 2. The number of hydrogen-bond acceptors (Lipinski definition) is 8. The maximum atomic E-state index is 13.7. The van der Waals surface area contributed by atoms with E-state index in [0.29, 0.717) is 55.4 Å². The van der Waals surface area contributed by atoms with Crippen LogP contribution in [0.3, 0.4) is 0 Å². The van der Waals surface area contributed by atoms with Crippen LogP contribution < -0.4 is 20.7 Å². The van der Waals surface area contributed by atoms with Gasteiger partial charge in [0.05, 0.1) is 35.4 Å². The van der Waals surface area contributed by atoms with Crippen LogP contribution in [0, 0.1) is 5.82 Å². The number of amides is 2. The van der Waals surface area contributed by atoms with E-state index in [1.807, 2.05) is 36.4 Å². The van der Waals surface area contributed by atoms with Gasteiger partial charge in [0.15, 0.2) is 0 Å². The predicted molar refractivity (Wildman–Crippen MR) is 153 cm³/mol. The fourth-order valence-corrected chi connectivity index (χ4v) is 5.17. The zero-order valence-electron chi connectivity index (χ0n) is 22.0. The van der Waals surface area contributed by atoms with E-state index in [-0.39, 0.29) is 28.9 Å². The number of halogens is 2. The lowest BCUT2D eigenvalue weighted by molar-refractivity contribution is -0.134. The summed E-state index contributed by atoms with van der Waals surface area (Å²) in [5.41, 5.74) is 3.88. The van der Waals surface area contributed by atoms with Crippen molar-refractivity contribution in [3.63, 3.8) is 0 Å². The smallest absolute Gasteiger partial charge is 0.234 e. The van der Waals surface area contributed by atoms with Gasteiger partial charge in [-0.05, 0) is 41.8 Å². The van der Waals surface area contributed by atoms with Gasteiger partial charge < -0.3 is 20.1 Å². The van der Waals surface area contributed by atoms with Crippen molar-refractivity contribution in [1.82, 2.24) is 15.3 Å². The van der Waals surface area contributed by atoms with Gasteiger partial charge >= 0.3 is 0 Å². The summed E-state index contributed by atoms with van der Waals surface area (Å²) in [6.45, 7) is 1.65. The van der Waals surface area contributed by atoms with E-state index in [2.05, 4.69) is 25.9 Å². The Balaban J connectivity index is 1.26. The van der Waals surface area contributed by atoms with Gasteiger partial charge in [-0.1, -0.05) is 35.9 Å². The minimum absolute atomic E-state index is 0.00816. The number of piperidine rings is 1. The number of carbonyl (C=O) groups excluding carboxylic acids is 2. The van der Waals surface area contributed by atoms with Crippen molar-refractivity contribution in [3.8, 4) is 5.75 Å². The van der Waals surface area contributed by atoms with Crippen LogP contribution in [0.1, 0.15) is 36.3 Å². The zero-order valence-corrected chi connectivity index (χ0v) is 22.7. The highest BCUT2D eigenvalue weighted by atomic mass is 35.5. The van der Waals surface area contributed by atoms with Crippen molar-refractivity contribution in [2.45, 2.75) is 37.8 Å². The fourth-order valence-electron chi connectivity index (χ4n) is 4.99. The molecule has 2 atom stereocenters. The molecular weight excluding hydrogens is 549 g/mol. The highest BCUT2D eigenvalue weighted by molar-refractivity contribution is 6.31. The standard InChI is InChI=1S/C30H27ClFN5O4/c31-23-11-19(5-7-24(23)32)36-29-22-12-26(27(13-25(22)34-16-35-29)41-20-9-10-40-15-20)33-14-17-1-3-18(4-2-17)21-6-8-28(38)37-30(21)39/h1-5,7,11-13,16,20-21,33H,6,8-10,14-15H2,(H,34,35,36)(H,37,38,39)/t20-,21?/m0/s1. The summed E-state index contributed by atoms with van der Waals surface area (Å²) >= 11 is 5.97. The van der Waals surface area contributed by atoms with Gasteiger partial charge in [0, 0.05) is 36.5 Å². The lowest BCUT2D eigenvalue weighted by Crippen LogP contribution is -2.39. The number of anilines is 3. The summed E-state index contributed by atoms with van der Waals surface area (Å²) in [6.07, 6.45) is 3.02. The van der Waals surface area contributed by atoms with Crippen molar-refractivity contribution in [1.29, 1.82) is 0 Å². The van der Waals surface area contributed by atoms with Gasteiger partial charge in [-0.15, -0.1) is 0 Å². The monoisotopic (exact) mass is 575 g/mol. The van der Waals surface area contributed by atoms with Gasteiger partial charge in [0.2, 0.25) is 11.8 Å². The summed E-state index contributed by atoms with van der Waals surface area (Å²) < 4.78 is 25.5. The molecule has 0 radical (unpaired) electrons. The van der Waals surface area contributed by atoms with Crippen molar-refractivity contribution < 1.29 is 23.5 Å². The van der Waals surface area contributed by atoms with E-state index in [0.717, 1.165) is 28.6 Å². The Morgan fingerprint density at radius 2 is 1.93 bits per heavy atom. The van der Waals surface area contributed by atoms with E-state index in [4.69, 9.17) is 21.1 Å². The molecule has 11 heteroatoms. The van der Waals surface area contributed by atoms with E-state index < -0.39 is 5.82 Å². The van der Waals surface area contributed by atoms with E-state index in [1.54, 1.807) is 6.07 Å². The van der Waals surface area contributed by atoms with E-state index >= 15 is 0 Å². The number of carbonyl (C=O) groups is 2.